The fourth-order valence-corrected chi connectivity index (χ4v) is 5.68. The summed E-state index contributed by atoms with van der Waals surface area (Å²) in [4.78, 5) is 0.183. The Morgan fingerprint density at radius 2 is 1.11 bits per heavy atom. The molecule has 4 aromatic rings. The van der Waals surface area contributed by atoms with Crippen LogP contribution in [0.3, 0.4) is 0 Å². The van der Waals surface area contributed by atoms with Crippen molar-refractivity contribution in [3.05, 3.63) is 138 Å². The topological polar surface area (TPSA) is 66.4 Å². The van der Waals surface area contributed by atoms with E-state index in [2.05, 4.69) is 4.72 Å². The maximum absolute atomic E-state index is 13.5. The van der Waals surface area contributed by atoms with Gasteiger partial charge in [-0.15, -0.1) is 0 Å². The maximum Gasteiger partial charge on any atom is 0.240 e. The van der Waals surface area contributed by atoms with Crippen molar-refractivity contribution in [1.82, 2.24) is 4.72 Å². The molecule has 0 aliphatic carbocycles. The summed E-state index contributed by atoms with van der Waals surface area (Å²) in [5, 5.41) is 12.3. The normalized spacial score (nSPS) is 12.9. The molecule has 5 heteroatoms. The Hall–Kier alpha value is -3.25. The summed E-state index contributed by atoms with van der Waals surface area (Å²) in [5.41, 5.74) is 2.44. The summed E-state index contributed by atoms with van der Waals surface area (Å²) in [7, 11) is -3.87. The van der Waals surface area contributed by atoms with Gasteiger partial charge in [-0.2, -0.15) is 0 Å². The van der Waals surface area contributed by atoms with Crippen molar-refractivity contribution >= 4 is 10.0 Å². The van der Waals surface area contributed by atoms with Crippen molar-refractivity contribution in [2.24, 2.45) is 0 Å². The predicted molar refractivity (Wildman–Crippen MR) is 141 cm³/mol. The number of nitrogens with one attached hydrogen (secondary N) is 1. The van der Waals surface area contributed by atoms with E-state index in [1.807, 2.05) is 97.9 Å². The van der Waals surface area contributed by atoms with Crippen molar-refractivity contribution in [2.75, 3.05) is 0 Å². The zero-order chi connectivity index (χ0) is 24.7. The molecule has 1 atom stereocenters. The average Bonchev–Trinajstić information content (AvgIpc) is 2.85. The van der Waals surface area contributed by atoms with E-state index in [1.165, 1.54) is 0 Å². The maximum atomic E-state index is 13.5. The molecule has 4 nitrogen and oxygen atoms in total. The van der Waals surface area contributed by atoms with Gasteiger partial charge in [0.25, 0.3) is 0 Å². The molecule has 0 amide bonds. The molecule has 0 radical (unpaired) electrons. The third-order valence-corrected chi connectivity index (χ3v) is 7.75. The number of aryl methyl sites for hydroxylation is 1. The van der Waals surface area contributed by atoms with E-state index in [-0.39, 0.29) is 4.90 Å². The van der Waals surface area contributed by atoms with Gasteiger partial charge in [0.1, 0.15) is 0 Å². The third kappa shape index (κ3) is 6.67. The number of aliphatic hydroxyl groups is 1. The molecule has 2 N–H and O–H groups in total. The molecule has 0 saturated heterocycles. The summed E-state index contributed by atoms with van der Waals surface area (Å²) in [6.07, 6.45) is 0.954. The van der Waals surface area contributed by atoms with Crippen LogP contribution in [-0.2, 0) is 29.3 Å². The highest BCUT2D eigenvalue weighted by atomic mass is 32.2. The minimum Gasteiger partial charge on any atom is -0.388 e. The van der Waals surface area contributed by atoms with Crippen LogP contribution < -0.4 is 4.72 Å². The largest absolute Gasteiger partial charge is 0.388 e. The highest BCUT2D eigenvalue weighted by Crippen LogP contribution is 2.27. The highest BCUT2D eigenvalue weighted by molar-refractivity contribution is 7.89. The van der Waals surface area contributed by atoms with Gasteiger partial charge in [0.05, 0.1) is 16.5 Å². The van der Waals surface area contributed by atoms with Crippen LogP contribution in [0, 0.1) is 6.92 Å². The Labute approximate surface area is 208 Å². The van der Waals surface area contributed by atoms with Crippen LogP contribution in [-0.4, -0.2) is 25.2 Å². The van der Waals surface area contributed by atoms with E-state index < -0.39 is 21.7 Å². The quantitative estimate of drug-likeness (QED) is 0.328. The standard InChI is InChI=1S/C30H31NO3S/c1-24-17-19-28(20-18-24)35(33,34)31-29(21-25-11-5-2-6-12-25)30(32,22-26-13-7-3-8-14-26)23-27-15-9-4-10-16-27/h2-20,29,31-32H,21-23H2,1H3/t29-/m0/s1. The van der Waals surface area contributed by atoms with Crippen LogP contribution in [0.25, 0.3) is 0 Å². The molecule has 0 bridgehead atoms. The molecule has 0 spiro atoms. The second kappa shape index (κ2) is 11.0. The smallest absolute Gasteiger partial charge is 0.240 e. The van der Waals surface area contributed by atoms with Gasteiger partial charge in [-0.1, -0.05) is 109 Å². The lowest BCUT2D eigenvalue weighted by molar-refractivity contribution is 0.00896. The van der Waals surface area contributed by atoms with Gasteiger partial charge in [-0.3, -0.25) is 0 Å². The molecule has 0 saturated carbocycles. The van der Waals surface area contributed by atoms with E-state index in [4.69, 9.17) is 0 Å². The molecule has 0 unspecified atom stereocenters. The second-order valence-corrected chi connectivity index (χ2v) is 10.8. The number of rotatable bonds is 10. The molecule has 180 valence electrons. The SMILES string of the molecule is Cc1ccc(S(=O)(=O)N[C@@H](Cc2ccccc2)C(O)(Cc2ccccc2)Cc2ccccc2)cc1. The lowest BCUT2D eigenvalue weighted by atomic mass is 9.80. The zero-order valence-corrected chi connectivity index (χ0v) is 20.7. The fraction of sp³-hybridized carbons (Fsp3) is 0.200. The van der Waals surface area contributed by atoms with Gasteiger partial charge in [0.2, 0.25) is 10.0 Å². The summed E-state index contributed by atoms with van der Waals surface area (Å²) in [6, 6.07) is 35.1. The fourth-order valence-electron chi connectivity index (χ4n) is 4.37. The Morgan fingerprint density at radius 1 is 0.686 bits per heavy atom. The first-order valence-electron chi connectivity index (χ1n) is 11.8. The number of hydrogen-bond acceptors (Lipinski definition) is 3. The first-order chi connectivity index (χ1) is 16.8. The Balaban J connectivity index is 1.76. The van der Waals surface area contributed by atoms with E-state index in [9.17, 15) is 13.5 Å². The van der Waals surface area contributed by atoms with Crippen LogP contribution in [0.5, 0.6) is 0 Å². The third-order valence-electron chi connectivity index (χ3n) is 6.27. The van der Waals surface area contributed by atoms with Gasteiger partial charge in [-0.25, -0.2) is 13.1 Å². The van der Waals surface area contributed by atoms with Crippen LogP contribution in [0.4, 0.5) is 0 Å². The monoisotopic (exact) mass is 485 g/mol. The van der Waals surface area contributed by atoms with Gasteiger partial charge in [0, 0.05) is 12.8 Å². The predicted octanol–water partition coefficient (Wildman–Crippen LogP) is 5.10. The summed E-state index contributed by atoms with van der Waals surface area (Å²) < 4.78 is 29.8. The molecule has 0 aliphatic rings. The van der Waals surface area contributed by atoms with Crippen LogP contribution in [0.2, 0.25) is 0 Å². The molecule has 4 aromatic carbocycles. The van der Waals surface area contributed by atoms with E-state index >= 15 is 0 Å². The molecular weight excluding hydrogens is 454 g/mol. The van der Waals surface area contributed by atoms with Crippen LogP contribution in [0.15, 0.2) is 120 Å². The number of hydrogen-bond donors (Lipinski definition) is 2. The molecule has 0 heterocycles. The van der Waals surface area contributed by atoms with Gasteiger partial charge in [0.15, 0.2) is 0 Å². The van der Waals surface area contributed by atoms with Gasteiger partial charge >= 0.3 is 0 Å². The highest BCUT2D eigenvalue weighted by Gasteiger charge is 2.40. The van der Waals surface area contributed by atoms with Crippen molar-refractivity contribution in [3.8, 4) is 0 Å². The molecule has 4 rings (SSSR count). The minimum absolute atomic E-state index is 0.183. The molecular formula is C30H31NO3S. The first kappa shape index (κ1) is 24.9. The van der Waals surface area contributed by atoms with Gasteiger partial charge < -0.3 is 5.11 Å². The van der Waals surface area contributed by atoms with Crippen molar-refractivity contribution in [2.45, 2.75) is 42.7 Å². The zero-order valence-electron chi connectivity index (χ0n) is 19.8. The molecule has 0 aliphatic heterocycles. The lowest BCUT2D eigenvalue weighted by Crippen LogP contribution is -2.56. The van der Waals surface area contributed by atoms with E-state index in [0.29, 0.717) is 19.3 Å². The van der Waals surface area contributed by atoms with E-state index in [1.54, 1.807) is 24.3 Å². The Morgan fingerprint density at radius 3 is 1.57 bits per heavy atom. The number of benzene rings is 4. The van der Waals surface area contributed by atoms with E-state index in [0.717, 1.165) is 22.3 Å². The lowest BCUT2D eigenvalue weighted by Gasteiger charge is -2.37. The van der Waals surface area contributed by atoms with Gasteiger partial charge in [-0.05, 0) is 42.2 Å². The Kier molecular flexibility index (Phi) is 7.81. The Bertz CT molecular complexity index is 1270. The van der Waals surface area contributed by atoms with Crippen LogP contribution >= 0.6 is 0 Å². The summed E-state index contributed by atoms with van der Waals surface area (Å²) >= 11 is 0. The number of sulfonamides is 1. The summed E-state index contributed by atoms with van der Waals surface area (Å²) in [5.74, 6) is 0. The van der Waals surface area contributed by atoms with Crippen molar-refractivity contribution in [1.29, 1.82) is 0 Å². The first-order valence-corrected chi connectivity index (χ1v) is 13.3. The van der Waals surface area contributed by atoms with Crippen molar-refractivity contribution in [3.63, 3.8) is 0 Å². The van der Waals surface area contributed by atoms with Crippen molar-refractivity contribution < 1.29 is 13.5 Å². The molecule has 0 aromatic heterocycles. The molecule has 35 heavy (non-hydrogen) atoms. The van der Waals surface area contributed by atoms with Crippen LogP contribution in [0.1, 0.15) is 22.3 Å². The second-order valence-electron chi connectivity index (χ2n) is 9.10. The minimum atomic E-state index is -3.87. The summed E-state index contributed by atoms with van der Waals surface area (Å²) in [6.45, 7) is 1.92. The molecule has 0 fully saturated rings. The average molecular weight is 486 g/mol.